The third-order valence-electron chi connectivity index (χ3n) is 4.46. The maximum atomic E-state index is 3.78. The fourth-order valence-corrected chi connectivity index (χ4v) is 4.56. The monoisotopic (exact) mass is 267 g/mol. The van der Waals surface area contributed by atoms with Crippen molar-refractivity contribution in [2.24, 2.45) is 5.92 Å². The van der Waals surface area contributed by atoms with Gasteiger partial charge < -0.3 is 5.32 Å². The molecule has 1 aliphatic heterocycles. The molecule has 0 saturated heterocycles. The molecule has 1 nitrogen and oxygen atoms in total. The zero-order valence-corrected chi connectivity index (χ0v) is 11.8. The van der Waals surface area contributed by atoms with Gasteiger partial charge in [-0.15, -0.1) is 11.3 Å². The lowest BCUT2D eigenvalue weighted by atomic mass is 9.78. The van der Waals surface area contributed by atoms with Crippen LogP contribution in [-0.4, -0.2) is 0 Å². The first-order valence-electron chi connectivity index (χ1n) is 6.91. The maximum absolute atomic E-state index is 3.78. The largest absolute Gasteiger partial charge is 0.377 e. The first kappa shape index (κ1) is 11.3. The van der Waals surface area contributed by atoms with Crippen LogP contribution in [0.15, 0.2) is 47.9 Å². The summed E-state index contributed by atoms with van der Waals surface area (Å²) in [5, 5.41) is 5.99. The second-order valence-corrected chi connectivity index (χ2v) is 6.48. The van der Waals surface area contributed by atoms with Gasteiger partial charge in [-0.05, 0) is 47.9 Å². The van der Waals surface area contributed by atoms with Gasteiger partial charge in [0.25, 0.3) is 0 Å². The fraction of sp³-hybridized carbons (Fsp3) is 0.294. The molecule has 0 fully saturated rings. The average Bonchev–Trinajstić information content (AvgIpc) is 3.06. The van der Waals surface area contributed by atoms with Crippen LogP contribution in [0.1, 0.15) is 34.4 Å². The highest BCUT2D eigenvalue weighted by molar-refractivity contribution is 7.10. The molecule has 0 spiro atoms. The van der Waals surface area contributed by atoms with Gasteiger partial charge in [-0.25, -0.2) is 0 Å². The first-order chi connectivity index (χ1) is 9.34. The minimum Gasteiger partial charge on any atom is -0.377 e. The van der Waals surface area contributed by atoms with Gasteiger partial charge in [0.15, 0.2) is 0 Å². The lowest BCUT2D eigenvalue weighted by molar-refractivity contribution is 0.429. The molecule has 2 aromatic rings. The van der Waals surface area contributed by atoms with Crippen LogP contribution in [0.5, 0.6) is 0 Å². The summed E-state index contributed by atoms with van der Waals surface area (Å²) in [5.74, 6) is 1.26. The van der Waals surface area contributed by atoms with E-state index in [1.807, 2.05) is 11.3 Å². The number of rotatable bonds is 1. The van der Waals surface area contributed by atoms with Crippen LogP contribution in [0.3, 0.4) is 0 Å². The molecule has 1 aromatic carbocycles. The minimum atomic E-state index is 0.468. The number of aryl methyl sites for hydroxylation is 1. The molecular weight excluding hydrogens is 250 g/mol. The van der Waals surface area contributed by atoms with Gasteiger partial charge in [0, 0.05) is 16.5 Å². The van der Waals surface area contributed by atoms with Gasteiger partial charge in [-0.2, -0.15) is 0 Å². The normalized spacial score (nSPS) is 27.7. The van der Waals surface area contributed by atoms with Gasteiger partial charge in [0.05, 0.1) is 6.04 Å². The topological polar surface area (TPSA) is 12.0 Å². The van der Waals surface area contributed by atoms with E-state index in [4.69, 9.17) is 0 Å². The summed E-state index contributed by atoms with van der Waals surface area (Å²) < 4.78 is 0. The van der Waals surface area contributed by atoms with E-state index in [0.29, 0.717) is 17.9 Å². The van der Waals surface area contributed by atoms with Crippen molar-refractivity contribution in [1.29, 1.82) is 0 Å². The summed E-state index contributed by atoms with van der Waals surface area (Å²) in [6, 6.07) is 11.5. The summed E-state index contributed by atoms with van der Waals surface area (Å²) in [4.78, 5) is 1.51. The maximum Gasteiger partial charge on any atom is 0.0649 e. The summed E-state index contributed by atoms with van der Waals surface area (Å²) in [6.45, 7) is 2.23. The number of fused-ring (bicyclic) bond motifs is 3. The number of thiophene rings is 1. The molecule has 3 unspecified atom stereocenters. The van der Waals surface area contributed by atoms with Crippen molar-refractivity contribution in [2.75, 3.05) is 5.32 Å². The molecule has 0 saturated carbocycles. The lowest BCUT2D eigenvalue weighted by Gasteiger charge is -2.37. The van der Waals surface area contributed by atoms with E-state index in [-0.39, 0.29) is 0 Å². The predicted octanol–water partition coefficient (Wildman–Crippen LogP) is 4.88. The summed E-state index contributed by atoms with van der Waals surface area (Å²) in [5.41, 5.74) is 4.20. The Morgan fingerprint density at radius 3 is 2.95 bits per heavy atom. The molecule has 2 heterocycles. The van der Waals surface area contributed by atoms with Crippen LogP contribution in [0, 0.1) is 12.8 Å². The second kappa shape index (κ2) is 4.24. The van der Waals surface area contributed by atoms with E-state index in [0.717, 1.165) is 0 Å². The van der Waals surface area contributed by atoms with Gasteiger partial charge in [-0.3, -0.25) is 0 Å². The number of nitrogens with one attached hydrogen (secondary N) is 1. The van der Waals surface area contributed by atoms with Crippen LogP contribution in [0.25, 0.3) is 0 Å². The number of anilines is 1. The highest BCUT2D eigenvalue weighted by atomic mass is 32.1. The van der Waals surface area contributed by atoms with E-state index in [1.165, 1.54) is 28.1 Å². The Kier molecular flexibility index (Phi) is 2.52. The zero-order valence-electron chi connectivity index (χ0n) is 11.0. The highest BCUT2D eigenvalue weighted by Crippen LogP contribution is 2.50. The van der Waals surface area contributed by atoms with Crippen molar-refractivity contribution in [3.8, 4) is 0 Å². The van der Waals surface area contributed by atoms with Crippen LogP contribution in [0.4, 0.5) is 5.69 Å². The van der Waals surface area contributed by atoms with Gasteiger partial charge >= 0.3 is 0 Å². The quantitative estimate of drug-likeness (QED) is 0.726. The molecule has 19 heavy (non-hydrogen) atoms. The van der Waals surface area contributed by atoms with E-state index in [2.05, 4.69) is 60.1 Å². The molecule has 1 N–H and O–H groups in total. The van der Waals surface area contributed by atoms with Gasteiger partial charge in [-0.1, -0.05) is 30.4 Å². The Hall–Kier alpha value is -1.54. The molecule has 96 valence electrons. The number of benzene rings is 1. The molecule has 1 aliphatic carbocycles. The second-order valence-electron chi connectivity index (χ2n) is 5.53. The third kappa shape index (κ3) is 1.67. The van der Waals surface area contributed by atoms with Crippen molar-refractivity contribution in [3.63, 3.8) is 0 Å². The number of hydrogen-bond acceptors (Lipinski definition) is 2. The van der Waals surface area contributed by atoms with Crippen molar-refractivity contribution in [2.45, 2.75) is 25.3 Å². The van der Waals surface area contributed by atoms with Gasteiger partial charge in [0.1, 0.15) is 0 Å². The molecule has 0 radical (unpaired) electrons. The van der Waals surface area contributed by atoms with E-state index < -0.39 is 0 Å². The molecule has 0 amide bonds. The standard InChI is InChI=1S/C17H17NS/c1-11-9-10-19-17(11)16-14-7-4-6-12(14)13-5-2-3-8-15(13)18-16/h2-6,8-10,12,14,16,18H,7H2,1H3. The van der Waals surface area contributed by atoms with Crippen LogP contribution < -0.4 is 5.32 Å². The van der Waals surface area contributed by atoms with Crippen LogP contribution in [-0.2, 0) is 0 Å². The summed E-state index contributed by atoms with van der Waals surface area (Å²) in [6.07, 6.45) is 5.95. The predicted molar refractivity (Wildman–Crippen MR) is 81.8 cm³/mol. The minimum absolute atomic E-state index is 0.468. The zero-order chi connectivity index (χ0) is 12.8. The Bertz CT molecular complexity index is 640. The molecule has 0 bridgehead atoms. The summed E-state index contributed by atoms with van der Waals surface area (Å²) >= 11 is 1.89. The summed E-state index contributed by atoms with van der Waals surface area (Å²) in [7, 11) is 0. The van der Waals surface area contributed by atoms with Crippen molar-refractivity contribution >= 4 is 17.0 Å². The third-order valence-corrected chi connectivity index (χ3v) is 5.56. The van der Waals surface area contributed by atoms with E-state index in [9.17, 15) is 0 Å². The molecule has 2 heteroatoms. The highest BCUT2D eigenvalue weighted by Gasteiger charge is 2.38. The number of allylic oxidation sites excluding steroid dienone is 2. The van der Waals surface area contributed by atoms with Crippen molar-refractivity contribution in [3.05, 3.63) is 63.9 Å². The van der Waals surface area contributed by atoms with E-state index in [1.54, 1.807) is 0 Å². The SMILES string of the molecule is Cc1ccsc1C1Nc2ccccc2C2C=CCC21. The Morgan fingerprint density at radius 2 is 2.11 bits per heavy atom. The number of hydrogen-bond donors (Lipinski definition) is 1. The molecule has 2 aliphatic rings. The molecule has 3 atom stereocenters. The lowest BCUT2D eigenvalue weighted by Crippen LogP contribution is -2.28. The smallest absolute Gasteiger partial charge is 0.0649 e. The molecule has 4 rings (SSSR count). The van der Waals surface area contributed by atoms with E-state index >= 15 is 0 Å². The average molecular weight is 267 g/mol. The van der Waals surface area contributed by atoms with Gasteiger partial charge in [0.2, 0.25) is 0 Å². The first-order valence-corrected chi connectivity index (χ1v) is 7.78. The van der Waals surface area contributed by atoms with Crippen molar-refractivity contribution in [1.82, 2.24) is 0 Å². The Morgan fingerprint density at radius 1 is 1.21 bits per heavy atom. The molecular formula is C17H17NS. The van der Waals surface area contributed by atoms with Crippen LogP contribution in [0.2, 0.25) is 0 Å². The van der Waals surface area contributed by atoms with Crippen LogP contribution >= 0.6 is 11.3 Å². The Balaban J connectivity index is 1.82. The molecule has 1 aromatic heterocycles. The van der Waals surface area contributed by atoms with Crippen molar-refractivity contribution < 1.29 is 0 Å². The Labute approximate surface area is 118 Å². The fourth-order valence-electron chi connectivity index (χ4n) is 3.51. The number of para-hydroxylation sites is 1.